The number of hydrogen-bond acceptors (Lipinski definition) is 3. The summed E-state index contributed by atoms with van der Waals surface area (Å²) in [4.78, 5) is 5.32. The molecule has 3 rings (SSSR count). The number of aryl methyl sites for hydroxylation is 1. The highest BCUT2D eigenvalue weighted by atomic mass is 32.2. The number of thiol groups is 1. The van der Waals surface area contributed by atoms with Crippen molar-refractivity contribution < 1.29 is 9.50 Å². The minimum absolute atomic E-state index is 0.0227. The number of aromatic hydroxyl groups is 1. The fourth-order valence-corrected chi connectivity index (χ4v) is 3.91. The average Bonchev–Trinajstić information content (AvgIpc) is 2.98. The van der Waals surface area contributed by atoms with E-state index >= 15 is 0 Å². The van der Waals surface area contributed by atoms with E-state index in [1.165, 1.54) is 12.1 Å². The molecule has 0 radical (unpaired) electrons. The van der Waals surface area contributed by atoms with Crippen LogP contribution in [0.15, 0.2) is 45.8 Å². The summed E-state index contributed by atoms with van der Waals surface area (Å²) in [5, 5.41) is 19.1. The van der Waals surface area contributed by atoms with E-state index in [4.69, 9.17) is 0 Å². The Morgan fingerprint density at radius 2 is 2.00 bits per heavy atom. The number of halogens is 1. The Balaban J connectivity index is 2.02. The topological polar surface area (TPSA) is 61.3 Å². The molecule has 4 nitrogen and oxygen atoms in total. The summed E-state index contributed by atoms with van der Waals surface area (Å²) in [5.41, 5.74) is 1.34. The Hall–Kier alpha value is -2.08. The zero-order valence-electron chi connectivity index (χ0n) is 10.1. The average molecular weight is 277 g/mol. The first-order valence-corrected chi connectivity index (χ1v) is 7.11. The first kappa shape index (κ1) is 12.0. The van der Waals surface area contributed by atoms with Gasteiger partial charge in [-0.15, -0.1) is 0 Å². The molecule has 98 valence electrons. The van der Waals surface area contributed by atoms with E-state index in [2.05, 4.69) is 15.2 Å². The Labute approximate surface area is 112 Å². The molecule has 6 heteroatoms. The van der Waals surface area contributed by atoms with Crippen LogP contribution in [-0.2, 0) is 0 Å². The summed E-state index contributed by atoms with van der Waals surface area (Å²) in [6, 6.07) is 6.37. The summed E-state index contributed by atoms with van der Waals surface area (Å²) in [7, 11) is -0.816. The SMILES string of the molecule is Cc1n[nH]c(O)c1C1=NC=C[SH]1c1ccc(F)cc1. The third-order valence-electron chi connectivity index (χ3n) is 2.90. The van der Waals surface area contributed by atoms with Crippen molar-refractivity contribution in [2.24, 2.45) is 4.99 Å². The number of aliphatic imine (C=N–C) groups is 1. The lowest BCUT2D eigenvalue weighted by atomic mass is 10.3. The second-order valence-electron chi connectivity index (χ2n) is 4.13. The molecule has 19 heavy (non-hydrogen) atoms. The maximum Gasteiger partial charge on any atom is 0.217 e. The maximum absolute atomic E-state index is 13.0. The van der Waals surface area contributed by atoms with Crippen LogP contribution in [-0.4, -0.2) is 20.3 Å². The third-order valence-corrected chi connectivity index (χ3v) is 4.98. The molecular weight excluding hydrogens is 265 g/mol. The van der Waals surface area contributed by atoms with Gasteiger partial charge in [-0.25, -0.2) is 14.5 Å². The van der Waals surface area contributed by atoms with Crippen LogP contribution in [0.5, 0.6) is 5.88 Å². The minimum Gasteiger partial charge on any atom is -0.493 e. The van der Waals surface area contributed by atoms with E-state index in [1.54, 1.807) is 18.3 Å². The number of hydrogen-bond donors (Lipinski definition) is 3. The van der Waals surface area contributed by atoms with Crippen LogP contribution in [0.1, 0.15) is 11.3 Å². The molecular formula is C13H12FN3OS. The lowest BCUT2D eigenvalue weighted by Crippen LogP contribution is -2.00. The molecule has 1 aromatic heterocycles. The lowest BCUT2D eigenvalue weighted by Gasteiger charge is -2.16. The molecule has 0 amide bonds. The highest BCUT2D eigenvalue weighted by molar-refractivity contribution is 8.33. The van der Waals surface area contributed by atoms with Gasteiger partial charge in [-0.1, -0.05) is 0 Å². The highest BCUT2D eigenvalue weighted by Crippen LogP contribution is 2.46. The van der Waals surface area contributed by atoms with Crippen molar-refractivity contribution in [3.63, 3.8) is 0 Å². The van der Waals surface area contributed by atoms with Crippen LogP contribution in [0, 0.1) is 12.7 Å². The van der Waals surface area contributed by atoms with Gasteiger partial charge in [-0.2, -0.15) is 16.0 Å². The molecule has 2 heterocycles. The molecule has 1 aliphatic rings. The zero-order chi connectivity index (χ0) is 13.4. The second-order valence-corrected chi connectivity index (χ2v) is 6.11. The molecule has 1 atom stereocenters. The summed E-state index contributed by atoms with van der Waals surface area (Å²) in [6.45, 7) is 1.81. The zero-order valence-corrected chi connectivity index (χ0v) is 11.0. The van der Waals surface area contributed by atoms with Crippen LogP contribution in [0.25, 0.3) is 0 Å². The van der Waals surface area contributed by atoms with Gasteiger partial charge in [0.15, 0.2) is 0 Å². The maximum atomic E-state index is 13.0. The van der Waals surface area contributed by atoms with Gasteiger partial charge < -0.3 is 5.11 Å². The van der Waals surface area contributed by atoms with Crippen LogP contribution in [0.3, 0.4) is 0 Å². The molecule has 1 unspecified atom stereocenters. The first-order chi connectivity index (χ1) is 9.16. The van der Waals surface area contributed by atoms with Gasteiger partial charge in [-0.05, 0) is 41.5 Å². The second kappa shape index (κ2) is 4.55. The Bertz CT molecular complexity index is 656. The van der Waals surface area contributed by atoms with Gasteiger partial charge in [-0.3, -0.25) is 0 Å². The molecule has 0 saturated heterocycles. The predicted octanol–water partition coefficient (Wildman–Crippen LogP) is 2.85. The van der Waals surface area contributed by atoms with Crippen molar-refractivity contribution in [3.05, 3.63) is 52.9 Å². The van der Waals surface area contributed by atoms with Crippen molar-refractivity contribution in [1.82, 2.24) is 10.2 Å². The van der Waals surface area contributed by atoms with Gasteiger partial charge >= 0.3 is 0 Å². The van der Waals surface area contributed by atoms with Crippen LogP contribution in [0.2, 0.25) is 0 Å². The summed E-state index contributed by atoms with van der Waals surface area (Å²) in [6.07, 6.45) is 1.72. The Kier molecular flexibility index (Phi) is 2.87. The van der Waals surface area contributed by atoms with Gasteiger partial charge in [0.1, 0.15) is 5.82 Å². The number of nitrogens with one attached hydrogen (secondary N) is 1. The molecule has 0 bridgehead atoms. The Morgan fingerprint density at radius 1 is 1.26 bits per heavy atom. The molecule has 0 fully saturated rings. The highest BCUT2D eigenvalue weighted by Gasteiger charge is 2.23. The van der Waals surface area contributed by atoms with E-state index in [0.29, 0.717) is 11.3 Å². The van der Waals surface area contributed by atoms with Gasteiger partial charge in [0.2, 0.25) is 5.88 Å². The smallest absolute Gasteiger partial charge is 0.217 e. The minimum atomic E-state index is -0.816. The molecule has 0 spiro atoms. The van der Waals surface area contributed by atoms with Crippen LogP contribution >= 0.6 is 10.9 Å². The number of benzene rings is 1. The quantitative estimate of drug-likeness (QED) is 0.739. The lowest BCUT2D eigenvalue weighted by molar-refractivity contribution is 0.451. The largest absolute Gasteiger partial charge is 0.493 e. The molecule has 2 N–H and O–H groups in total. The van der Waals surface area contributed by atoms with Crippen LogP contribution < -0.4 is 0 Å². The number of H-pyrrole nitrogens is 1. The fraction of sp³-hybridized carbons (Fsp3) is 0.0769. The number of aromatic nitrogens is 2. The van der Waals surface area contributed by atoms with Gasteiger partial charge in [0.25, 0.3) is 0 Å². The Morgan fingerprint density at radius 3 is 2.63 bits per heavy atom. The van der Waals surface area contributed by atoms with Crippen LogP contribution in [0.4, 0.5) is 4.39 Å². The first-order valence-electron chi connectivity index (χ1n) is 5.70. The number of rotatable bonds is 2. The van der Waals surface area contributed by atoms with Crippen molar-refractivity contribution in [1.29, 1.82) is 0 Å². The third kappa shape index (κ3) is 2.04. The summed E-state index contributed by atoms with van der Waals surface area (Å²) >= 11 is 0. The van der Waals surface area contributed by atoms with E-state index in [9.17, 15) is 9.50 Å². The van der Waals surface area contributed by atoms with Gasteiger partial charge in [0.05, 0.1) is 16.3 Å². The van der Waals surface area contributed by atoms with Crippen molar-refractivity contribution >= 4 is 15.9 Å². The van der Waals surface area contributed by atoms with E-state index < -0.39 is 10.9 Å². The van der Waals surface area contributed by atoms with E-state index in [-0.39, 0.29) is 11.7 Å². The molecule has 1 aliphatic heterocycles. The van der Waals surface area contributed by atoms with E-state index in [1.807, 2.05) is 12.3 Å². The number of nitrogens with zero attached hydrogens (tertiary/aromatic N) is 2. The normalized spacial score (nSPS) is 19.7. The summed E-state index contributed by atoms with van der Waals surface area (Å²) in [5.74, 6) is -0.239. The van der Waals surface area contributed by atoms with E-state index in [0.717, 1.165) is 9.94 Å². The monoisotopic (exact) mass is 277 g/mol. The van der Waals surface area contributed by atoms with Gasteiger partial charge in [0, 0.05) is 6.20 Å². The fourth-order valence-electron chi connectivity index (χ4n) is 1.99. The number of aromatic amines is 1. The molecule has 0 saturated carbocycles. The van der Waals surface area contributed by atoms with Crippen molar-refractivity contribution in [2.75, 3.05) is 0 Å². The van der Waals surface area contributed by atoms with Crippen molar-refractivity contribution in [2.45, 2.75) is 11.8 Å². The molecule has 2 aromatic rings. The molecule has 0 aliphatic carbocycles. The molecule has 1 aromatic carbocycles. The predicted molar refractivity (Wildman–Crippen MR) is 74.3 cm³/mol. The standard InChI is InChI=1S/C13H12FN3OS/c1-8-11(12(18)17-16-8)13-15-6-7-19(13)10-4-2-9(14)3-5-10/h2-7,19H,1H3,(H2,16,17,18). The summed E-state index contributed by atoms with van der Waals surface area (Å²) < 4.78 is 13.0. The van der Waals surface area contributed by atoms with Crippen molar-refractivity contribution in [3.8, 4) is 5.88 Å².